The highest BCUT2D eigenvalue weighted by molar-refractivity contribution is 6.32. The first-order valence-electron chi connectivity index (χ1n) is 7.69. The molecule has 3 rings (SSSR count). The van der Waals surface area contributed by atoms with E-state index in [0.29, 0.717) is 42.0 Å². The van der Waals surface area contributed by atoms with E-state index in [1.165, 1.54) is 0 Å². The number of para-hydroxylation sites is 1. The number of halogens is 1. The molecule has 1 heterocycles. The van der Waals surface area contributed by atoms with Gasteiger partial charge in [-0.3, -0.25) is 4.79 Å². The van der Waals surface area contributed by atoms with Gasteiger partial charge in [0.25, 0.3) is 0 Å². The van der Waals surface area contributed by atoms with Crippen LogP contribution < -0.4 is 10.1 Å². The van der Waals surface area contributed by atoms with Gasteiger partial charge < -0.3 is 14.6 Å². The van der Waals surface area contributed by atoms with E-state index in [0.717, 1.165) is 18.7 Å². The molecule has 0 atom stereocenters. The van der Waals surface area contributed by atoms with E-state index in [1.807, 2.05) is 12.1 Å². The molecule has 23 heavy (non-hydrogen) atoms. The molecule has 0 saturated heterocycles. The van der Waals surface area contributed by atoms with Crippen molar-refractivity contribution in [3.8, 4) is 5.75 Å². The highest BCUT2D eigenvalue weighted by atomic mass is 35.5. The van der Waals surface area contributed by atoms with Crippen molar-refractivity contribution in [3.63, 3.8) is 0 Å². The van der Waals surface area contributed by atoms with Gasteiger partial charge in [-0.1, -0.05) is 28.9 Å². The lowest BCUT2D eigenvalue weighted by Gasteiger charge is -2.07. The van der Waals surface area contributed by atoms with E-state index in [9.17, 15) is 4.79 Å². The van der Waals surface area contributed by atoms with Crippen molar-refractivity contribution >= 4 is 17.5 Å². The summed E-state index contributed by atoms with van der Waals surface area (Å²) in [6.07, 6.45) is 3.22. The molecule has 1 aliphatic carbocycles. The van der Waals surface area contributed by atoms with Gasteiger partial charge in [-0.25, -0.2) is 0 Å². The van der Waals surface area contributed by atoms with Crippen LogP contribution in [0.15, 0.2) is 28.8 Å². The normalized spacial score (nSPS) is 13.8. The molecule has 1 aliphatic rings. The highest BCUT2D eigenvalue weighted by Crippen LogP contribution is 2.38. The monoisotopic (exact) mass is 335 g/mol. The molecule has 1 fully saturated rings. The number of amides is 1. The van der Waals surface area contributed by atoms with Crippen molar-refractivity contribution in [1.29, 1.82) is 0 Å². The summed E-state index contributed by atoms with van der Waals surface area (Å²) in [5.74, 6) is 2.21. The van der Waals surface area contributed by atoms with Gasteiger partial charge in [0.2, 0.25) is 11.8 Å². The standard InChI is InChI=1S/C16H18ClN3O3/c17-12-4-1-2-5-13(12)22-9-3-6-14(21)18-10-15-19-16(20-23-15)11-7-8-11/h1-2,4-5,11H,3,6-10H2,(H,18,21). The summed E-state index contributed by atoms with van der Waals surface area (Å²) < 4.78 is 10.6. The first kappa shape index (κ1) is 15.8. The zero-order valence-corrected chi connectivity index (χ0v) is 13.4. The number of rotatable bonds is 8. The summed E-state index contributed by atoms with van der Waals surface area (Å²) in [5, 5.41) is 7.24. The fourth-order valence-corrected chi connectivity index (χ4v) is 2.28. The van der Waals surface area contributed by atoms with Crippen molar-refractivity contribution in [1.82, 2.24) is 15.5 Å². The van der Waals surface area contributed by atoms with Gasteiger partial charge in [0, 0.05) is 12.3 Å². The number of nitrogens with one attached hydrogen (secondary N) is 1. The van der Waals surface area contributed by atoms with Gasteiger partial charge in [-0.2, -0.15) is 4.98 Å². The number of benzene rings is 1. The molecule has 7 heteroatoms. The quantitative estimate of drug-likeness (QED) is 0.750. The number of carbonyl (C=O) groups excluding carboxylic acids is 1. The molecule has 1 aromatic heterocycles. The van der Waals surface area contributed by atoms with E-state index in [1.54, 1.807) is 12.1 Å². The number of ether oxygens (including phenoxy) is 1. The Hall–Kier alpha value is -2.08. The zero-order valence-electron chi connectivity index (χ0n) is 12.6. The predicted octanol–water partition coefficient (Wildman–Crippen LogP) is 3.08. The van der Waals surface area contributed by atoms with E-state index in [2.05, 4.69) is 15.5 Å². The van der Waals surface area contributed by atoms with E-state index < -0.39 is 0 Å². The molecule has 0 aliphatic heterocycles. The van der Waals surface area contributed by atoms with Gasteiger partial charge in [0.15, 0.2) is 5.82 Å². The summed E-state index contributed by atoms with van der Waals surface area (Å²) in [6, 6.07) is 7.27. The Labute approximate surface area is 139 Å². The maximum Gasteiger partial charge on any atom is 0.246 e. The smallest absolute Gasteiger partial charge is 0.246 e. The fraction of sp³-hybridized carbons (Fsp3) is 0.438. The van der Waals surface area contributed by atoms with Crippen LogP contribution in [0.3, 0.4) is 0 Å². The topological polar surface area (TPSA) is 77.2 Å². The van der Waals surface area contributed by atoms with Crippen molar-refractivity contribution in [3.05, 3.63) is 41.0 Å². The van der Waals surface area contributed by atoms with Crippen LogP contribution in [0, 0.1) is 0 Å². The second-order valence-corrected chi connectivity index (χ2v) is 5.89. The number of nitrogens with zero attached hydrogens (tertiary/aromatic N) is 2. The van der Waals surface area contributed by atoms with Gasteiger partial charge in [-0.15, -0.1) is 0 Å². The van der Waals surface area contributed by atoms with Crippen LogP contribution in [-0.4, -0.2) is 22.7 Å². The van der Waals surface area contributed by atoms with Crippen LogP contribution in [0.25, 0.3) is 0 Å². The molecule has 122 valence electrons. The minimum atomic E-state index is -0.0704. The van der Waals surface area contributed by atoms with Crippen LogP contribution in [0.5, 0.6) is 5.75 Å². The van der Waals surface area contributed by atoms with E-state index in [-0.39, 0.29) is 12.5 Å². The van der Waals surface area contributed by atoms with Crippen LogP contribution >= 0.6 is 11.6 Å². The van der Waals surface area contributed by atoms with Crippen LogP contribution in [0.4, 0.5) is 0 Å². The molecule has 1 N–H and O–H groups in total. The summed E-state index contributed by atoms with van der Waals surface area (Å²) in [6.45, 7) is 0.702. The average molecular weight is 336 g/mol. The molecule has 1 saturated carbocycles. The molecule has 6 nitrogen and oxygen atoms in total. The SMILES string of the molecule is O=C(CCCOc1ccccc1Cl)NCc1nc(C2CC2)no1. The Kier molecular flexibility index (Phi) is 5.12. The molecular weight excluding hydrogens is 318 g/mol. The minimum absolute atomic E-state index is 0.0704. The average Bonchev–Trinajstić information content (AvgIpc) is 3.30. The number of aromatic nitrogens is 2. The molecule has 0 spiro atoms. The maximum absolute atomic E-state index is 11.8. The Morgan fingerprint density at radius 1 is 1.39 bits per heavy atom. The second-order valence-electron chi connectivity index (χ2n) is 5.48. The van der Waals surface area contributed by atoms with Crippen LogP contribution in [0.1, 0.15) is 43.3 Å². The third-order valence-corrected chi connectivity index (χ3v) is 3.82. The Balaban J connectivity index is 1.32. The highest BCUT2D eigenvalue weighted by Gasteiger charge is 2.28. The van der Waals surface area contributed by atoms with Crippen molar-refractivity contribution < 1.29 is 14.1 Å². The Morgan fingerprint density at radius 3 is 3.00 bits per heavy atom. The third kappa shape index (κ3) is 4.69. The first-order valence-corrected chi connectivity index (χ1v) is 8.06. The largest absolute Gasteiger partial charge is 0.492 e. The molecule has 0 unspecified atom stereocenters. The van der Waals surface area contributed by atoms with Crippen molar-refractivity contribution in [2.75, 3.05) is 6.61 Å². The second kappa shape index (κ2) is 7.46. The van der Waals surface area contributed by atoms with Gasteiger partial charge >= 0.3 is 0 Å². The van der Waals surface area contributed by atoms with Crippen LogP contribution in [0.2, 0.25) is 5.02 Å². The maximum atomic E-state index is 11.8. The molecule has 1 amide bonds. The number of hydrogen-bond acceptors (Lipinski definition) is 5. The van der Waals surface area contributed by atoms with E-state index >= 15 is 0 Å². The number of hydrogen-bond donors (Lipinski definition) is 1. The number of carbonyl (C=O) groups is 1. The summed E-state index contributed by atoms with van der Waals surface area (Å²) in [5.41, 5.74) is 0. The molecule has 2 aromatic rings. The first-order chi connectivity index (χ1) is 11.2. The third-order valence-electron chi connectivity index (χ3n) is 3.51. The predicted molar refractivity (Wildman–Crippen MR) is 84.3 cm³/mol. The minimum Gasteiger partial charge on any atom is -0.492 e. The van der Waals surface area contributed by atoms with Crippen molar-refractivity contribution in [2.45, 2.75) is 38.1 Å². The van der Waals surface area contributed by atoms with Gasteiger partial charge in [0.1, 0.15) is 5.75 Å². The molecule has 0 radical (unpaired) electrons. The van der Waals surface area contributed by atoms with Gasteiger partial charge in [-0.05, 0) is 31.4 Å². The summed E-state index contributed by atoms with van der Waals surface area (Å²) >= 11 is 5.98. The van der Waals surface area contributed by atoms with Crippen molar-refractivity contribution in [2.24, 2.45) is 0 Å². The van der Waals surface area contributed by atoms with E-state index in [4.69, 9.17) is 20.9 Å². The summed E-state index contributed by atoms with van der Waals surface area (Å²) in [4.78, 5) is 16.0. The van der Waals surface area contributed by atoms with Gasteiger partial charge in [0.05, 0.1) is 18.2 Å². The molecular formula is C16H18ClN3O3. The van der Waals surface area contributed by atoms with Crippen LogP contribution in [-0.2, 0) is 11.3 Å². The molecule has 1 aromatic carbocycles. The lowest BCUT2D eigenvalue weighted by atomic mass is 10.3. The molecule has 0 bridgehead atoms. The summed E-state index contributed by atoms with van der Waals surface area (Å²) in [7, 11) is 0. The fourth-order valence-electron chi connectivity index (χ4n) is 2.09. The zero-order chi connectivity index (χ0) is 16.1. The Bertz CT molecular complexity index is 670. The lowest BCUT2D eigenvalue weighted by molar-refractivity contribution is -0.121. The lowest BCUT2D eigenvalue weighted by Crippen LogP contribution is -2.23. The Morgan fingerprint density at radius 2 is 2.22 bits per heavy atom.